The average Bonchev–Trinajstić information content (AvgIpc) is 3.10. The summed E-state index contributed by atoms with van der Waals surface area (Å²) >= 11 is 0. The maximum Gasteiger partial charge on any atom is 0.306 e. The van der Waals surface area contributed by atoms with E-state index in [-0.39, 0.29) is 29.6 Å². The molecule has 2 N–H and O–H groups in total. The fourth-order valence-electron chi connectivity index (χ4n) is 3.23. The first-order chi connectivity index (χ1) is 9.28. The average molecular weight is 303 g/mol. The number of sulfone groups is 1. The van der Waals surface area contributed by atoms with Crippen molar-refractivity contribution >= 4 is 15.8 Å². The lowest BCUT2D eigenvalue weighted by Gasteiger charge is -2.33. The number of carbonyl (C=O) groups is 1. The lowest BCUT2D eigenvalue weighted by molar-refractivity contribution is -0.141. The standard InChI is InChI=1S/C14H25NO4S/c1-10-3-4-11(15)12(7-10)20(17,18)9-14(5-6-14)8-13(16)19-2/h10-12H,3-9,15H2,1-2H3. The predicted octanol–water partition coefficient (Wildman–Crippen LogP) is 1.26. The smallest absolute Gasteiger partial charge is 0.306 e. The molecule has 0 heterocycles. The van der Waals surface area contributed by atoms with E-state index in [9.17, 15) is 13.2 Å². The molecule has 3 unspecified atom stereocenters. The SMILES string of the molecule is COC(=O)CC1(CS(=O)(=O)C2CC(C)CCC2N)CC1. The van der Waals surface area contributed by atoms with Gasteiger partial charge in [0.15, 0.2) is 9.84 Å². The van der Waals surface area contributed by atoms with Crippen molar-refractivity contribution in [3.8, 4) is 0 Å². The highest BCUT2D eigenvalue weighted by Gasteiger charge is 2.50. The third kappa shape index (κ3) is 3.52. The van der Waals surface area contributed by atoms with Gasteiger partial charge in [0.05, 0.1) is 24.5 Å². The van der Waals surface area contributed by atoms with Crippen molar-refractivity contribution in [2.75, 3.05) is 12.9 Å². The molecule has 0 radical (unpaired) electrons. The van der Waals surface area contributed by atoms with Gasteiger partial charge in [-0.2, -0.15) is 0 Å². The first kappa shape index (κ1) is 15.8. The Labute approximate surface area is 121 Å². The zero-order chi connectivity index (χ0) is 15.0. The Balaban J connectivity index is 2.05. The Bertz CT molecular complexity index is 470. The van der Waals surface area contributed by atoms with Crippen LogP contribution in [0.2, 0.25) is 0 Å². The van der Waals surface area contributed by atoms with Gasteiger partial charge in [-0.15, -0.1) is 0 Å². The quantitative estimate of drug-likeness (QED) is 0.773. The monoisotopic (exact) mass is 303 g/mol. The number of ether oxygens (including phenoxy) is 1. The molecule has 5 nitrogen and oxygen atoms in total. The molecule has 2 fully saturated rings. The molecular weight excluding hydrogens is 278 g/mol. The Morgan fingerprint density at radius 3 is 2.55 bits per heavy atom. The highest BCUT2D eigenvalue weighted by atomic mass is 32.2. The van der Waals surface area contributed by atoms with Crippen LogP contribution in [0.4, 0.5) is 0 Å². The van der Waals surface area contributed by atoms with Crippen molar-refractivity contribution in [2.45, 2.75) is 56.7 Å². The summed E-state index contributed by atoms with van der Waals surface area (Å²) in [5.41, 5.74) is 5.64. The predicted molar refractivity (Wildman–Crippen MR) is 76.9 cm³/mol. The highest BCUT2D eigenvalue weighted by molar-refractivity contribution is 7.92. The number of hydrogen-bond donors (Lipinski definition) is 1. The van der Waals surface area contributed by atoms with E-state index in [1.54, 1.807) is 0 Å². The first-order valence-corrected chi connectivity index (χ1v) is 9.03. The molecular formula is C14H25NO4S. The summed E-state index contributed by atoms with van der Waals surface area (Å²) in [5, 5.41) is -0.443. The third-order valence-corrected chi connectivity index (χ3v) is 7.26. The molecule has 0 aromatic rings. The van der Waals surface area contributed by atoms with E-state index >= 15 is 0 Å². The van der Waals surface area contributed by atoms with Gasteiger partial charge in [-0.25, -0.2) is 8.42 Å². The van der Waals surface area contributed by atoms with Crippen LogP contribution in [0.5, 0.6) is 0 Å². The largest absolute Gasteiger partial charge is 0.469 e. The summed E-state index contributed by atoms with van der Waals surface area (Å²) < 4.78 is 29.9. The van der Waals surface area contributed by atoms with Gasteiger partial charge in [-0.1, -0.05) is 6.92 Å². The molecule has 2 aliphatic carbocycles. The summed E-state index contributed by atoms with van der Waals surface area (Å²) in [7, 11) is -1.91. The minimum atomic E-state index is -3.25. The molecule has 0 aliphatic heterocycles. The second kappa shape index (κ2) is 5.64. The van der Waals surface area contributed by atoms with Gasteiger partial charge in [0.1, 0.15) is 0 Å². The van der Waals surface area contributed by atoms with Gasteiger partial charge in [0.25, 0.3) is 0 Å². The van der Waals surface area contributed by atoms with Crippen LogP contribution < -0.4 is 5.73 Å². The number of carbonyl (C=O) groups excluding carboxylic acids is 1. The van der Waals surface area contributed by atoms with Crippen molar-refractivity contribution in [3.63, 3.8) is 0 Å². The van der Waals surface area contributed by atoms with Gasteiger partial charge >= 0.3 is 5.97 Å². The highest BCUT2D eigenvalue weighted by Crippen LogP contribution is 2.51. The minimum Gasteiger partial charge on any atom is -0.469 e. The molecule has 6 heteroatoms. The number of hydrogen-bond acceptors (Lipinski definition) is 5. The van der Waals surface area contributed by atoms with Crippen molar-refractivity contribution in [1.29, 1.82) is 0 Å². The summed E-state index contributed by atoms with van der Waals surface area (Å²) in [5.74, 6) is 0.171. The second-order valence-corrected chi connectivity index (χ2v) is 8.90. The van der Waals surface area contributed by atoms with Gasteiger partial charge in [0, 0.05) is 6.04 Å². The van der Waals surface area contributed by atoms with Gasteiger partial charge in [-0.05, 0) is 43.4 Å². The molecule has 2 rings (SSSR count). The molecule has 0 saturated heterocycles. The Morgan fingerprint density at radius 1 is 1.35 bits per heavy atom. The van der Waals surface area contributed by atoms with Crippen molar-refractivity contribution in [2.24, 2.45) is 17.1 Å². The van der Waals surface area contributed by atoms with Gasteiger partial charge in [-0.3, -0.25) is 4.79 Å². The van der Waals surface area contributed by atoms with Crippen LogP contribution in [0, 0.1) is 11.3 Å². The van der Waals surface area contributed by atoms with Gasteiger partial charge in [0.2, 0.25) is 0 Å². The normalized spacial score (nSPS) is 32.6. The van der Waals surface area contributed by atoms with Crippen LogP contribution in [-0.4, -0.2) is 38.5 Å². The zero-order valence-corrected chi connectivity index (χ0v) is 13.1. The van der Waals surface area contributed by atoms with E-state index in [0.29, 0.717) is 12.3 Å². The Hall–Kier alpha value is -0.620. The van der Waals surface area contributed by atoms with Crippen LogP contribution in [-0.2, 0) is 19.4 Å². The van der Waals surface area contributed by atoms with E-state index in [1.165, 1.54) is 7.11 Å². The molecule has 2 saturated carbocycles. The summed E-state index contributed by atoms with van der Waals surface area (Å²) in [6, 6.07) is -0.259. The third-order valence-electron chi connectivity index (χ3n) is 4.78. The van der Waals surface area contributed by atoms with Crippen LogP contribution in [0.1, 0.15) is 45.4 Å². The molecule has 0 aromatic carbocycles. The van der Waals surface area contributed by atoms with Crippen molar-refractivity contribution in [3.05, 3.63) is 0 Å². The van der Waals surface area contributed by atoms with Crippen LogP contribution in [0.3, 0.4) is 0 Å². The van der Waals surface area contributed by atoms with E-state index in [2.05, 4.69) is 11.7 Å². The van der Waals surface area contributed by atoms with E-state index in [1.807, 2.05) is 0 Å². The van der Waals surface area contributed by atoms with E-state index < -0.39 is 15.1 Å². The molecule has 20 heavy (non-hydrogen) atoms. The summed E-state index contributed by atoms with van der Waals surface area (Å²) in [4.78, 5) is 11.4. The number of nitrogens with two attached hydrogens (primary N) is 1. The fraction of sp³-hybridized carbons (Fsp3) is 0.929. The van der Waals surface area contributed by atoms with Crippen LogP contribution >= 0.6 is 0 Å². The number of esters is 1. The zero-order valence-electron chi connectivity index (χ0n) is 12.3. The molecule has 0 amide bonds. The maximum absolute atomic E-state index is 12.6. The topological polar surface area (TPSA) is 86.5 Å². The molecule has 3 atom stereocenters. The molecule has 2 aliphatic rings. The molecule has 0 spiro atoms. The molecule has 0 aromatic heterocycles. The van der Waals surface area contributed by atoms with Gasteiger partial charge < -0.3 is 10.5 Å². The fourth-order valence-corrected chi connectivity index (χ4v) is 5.97. The summed E-state index contributed by atoms with van der Waals surface area (Å²) in [6.45, 7) is 2.08. The second-order valence-electron chi connectivity index (χ2n) is 6.68. The van der Waals surface area contributed by atoms with E-state index in [0.717, 1.165) is 25.7 Å². The summed E-state index contributed by atoms with van der Waals surface area (Å²) in [6.07, 6.45) is 4.21. The van der Waals surface area contributed by atoms with Crippen LogP contribution in [0.15, 0.2) is 0 Å². The van der Waals surface area contributed by atoms with E-state index in [4.69, 9.17) is 5.73 Å². The van der Waals surface area contributed by atoms with Crippen molar-refractivity contribution < 1.29 is 17.9 Å². The Morgan fingerprint density at radius 2 is 2.00 bits per heavy atom. The molecule has 0 bridgehead atoms. The number of methoxy groups -OCH3 is 1. The Kier molecular flexibility index (Phi) is 4.44. The van der Waals surface area contributed by atoms with Crippen LogP contribution in [0.25, 0.3) is 0 Å². The number of rotatable bonds is 5. The van der Waals surface area contributed by atoms with Crippen molar-refractivity contribution in [1.82, 2.24) is 0 Å². The first-order valence-electron chi connectivity index (χ1n) is 7.32. The molecule has 116 valence electrons. The maximum atomic E-state index is 12.6. The lowest BCUT2D eigenvalue weighted by atomic mass is 9.87. The minimum absolute atomic E-state index is 0.0835. The lowest BCUT2D eigenvalue weighted by Crippen LogP contribution is -2.46.